The number of rotatable bonds is 6. The Hall–Kier alpha value is -2.33. The predicted molar refractivity (Wildman–Crippen MR) is 107 cm³/mol. The molecule has 1 aliphatic rings. The molecule has 0 aromatic heterocycles. The van der Waals surface area contributed by atoms with Gasteiger partial charge in [0.2, 0.25) is 10.0 Å². The lowest BCUT2D eigenvalue weighted by Crippen LogP contribution is -2.49. The van der Waals surface area contributed by atoms with Gasteiger partial charge in [-0.1, -0.05) is 12.1 Å². The Morgan fingerprint density at radius 1 is 1.32 bits per heavy atom. The zero-order valence-corrected chi connectivity index (χ0v) is 17.2. The van der Waals surface area contributed by atoms with Gasteiger partial charge in [-0.15, -0.1) is 0 Å². The van der Waals surface area contributed by atoms with E-state index in [1.807, 2.05) is 6.92 Å². The third-order valence-corrected chi connectivity index (χ3v) is 5.26. The highest BCUT2D eigenvalue weighted by atomic mass is 32.2. The largest absolute Gasteiger partial charge is 0.450 e. The van der Waals surface area contributed by atoms with E-state index in [1.54, 1.807) is 24.0 Å². The van der Waals surface area contributed by atoms with E-state index < -0.39 is 10.0 Å². The number of primary sulfonamides is 1. The van der Waals surface area contributed by atoms with Gasteiger partial charge in [-0.2, -0.15) is 0 Å². The number of benzene rings is 1. The first-order valence-corrected chi connectivity index (χ1v) is 11.0. The fourth-order valence-corrected chi connectivity index (χ4v) is 3.51. The molecule has 0 aliphatic carbocycles. The number of aliphatic imine (C=N–C) groups is 1. The van der Waals surface area contributed by atoms with E-state index in [0.29, 0.717) is 38.7 Å². The van der Waals surface area contributed by atoms with E-state index in [2.05, 4.69) is 15.6 Å². The fourth-order valence-electron chi connectivity index (χ4n) is 2.93. The summed E-state index contributed by atoms with van der Waals surface area (Å²) in [6, 6.07) is 6.64. The highest BCUT2D eigenvalue weighted by Crippen LogP contribution is 2.13. The second kappa shape index (κ2) is 10.3. The van der Waals surface area contributed by atoms with Crippen LogP contribution in [0.25, 0.3) is 0 Å². The normalized spacial score (nSPS) is 16.0. The zero-order chi connectivity index (χ0) is 20.6. The van der Waals surface area contributed by atoms with E-state index in [9.17, 15) is 13.2 Å². The number of amides is 1. The van der Waals surface area contributed by atoms with Crippen molar-refractivity contribution in [3.05, 3.63) is 29.8 Å². The molecule has 2 rings (SSSR count). The molecule has 0 spiro atoms. The van der Waals surface area contributed by atoms with Crippen molar-refractivity contribution in [2.75, 3.05) is 26.2 Å². The summed E-state index contributed by atoms with van der Waals surface area (Å²) in [5.41, 5.74) is 0.751. The summed E-state index contributed by atoms with van der Waals surface area (Å²) in [4.78, 5) is 18.1. The third-order valence-electron chi connectivity index (χ3n) is 4.35. The van der Waals surface area contributed by atoms with Gasteiger partial charge in [0.05, 0.1) is 18.0 Å². The molecule has 28 heavy (non-hydrogen) atoms. The molecule has 1 amide bonds. The van der Waals surface area contributed by atoms with Crippen LogP contribution < -0.4 is 15.8 Å². The van der Waals surface area contributed by atoms with Crippen LogP contribution in [0.2, 0.25) is 0 Å². The van der Waals surface area contributed by atoms with Crippen molar-refractivity contribution in [2.45, 2.75) is 44.2 Å². The number of nitrogens with two attached hydrogens (primary N) is 1. The monoisotopic (exact) mass is 411 g/mol. The van der Waals surface area contributed by atoms with Gasteiger partial charge >= 0.3 is 6.09 Å². The number of hydrogen-bond donors (Lipinski definition) is 3. The highest BCUT2D eigenvalue weighted by Gasteiger charge is 2.24. The van der Waals surface area contributed by atoms with Crippen LogP contribution in [0.3, 0.4) is 0 Å². The van der Waals surface area contributed by atoms with Crippen molar-refractivity contribution in [3.8, 4) is 0 Å². The number of sulfonamides is 1. The molecule has 0 radical (unpaired) electrons. The maximum atomic E-state index is 11.8. The average Bonchev–Trinajstić information content (AvgIpc) is 2.66. The topological polar surface area (TPSA) is 126 Å². The minimum atomic E-state index is -3.74. The summed E-state index contributed by atoms with van der Waals surface area (Å²) in [5, 5.41) is 11.7. The summed E-state index contributed by atoms with van der Waals surface area (Å²) < 4.78 is 28.0. The van der Waals surface area contributed by atoms with Gasteiger partial charge in [0.15, 0.2) is 5.96 Å². The van der Waals surface area contributed by atoms with Crippen LogP contribution in [0.1, 0.15) is 32.3 Å². The standard InChI is InChI=1S/C18H29N5O4S/c1-3-20-17(21-13-14-6-5-7-16(12-14)28(19,25)26)22-15-8-10-23(11-9-15)18(24)27-4-2/h5-7,12,15H,3-4,8-11,13H2,1-2H3,(H2,19,25,26)(H2,20,21,22). The number of carbonyl (C=O) groups is 1. The van der Waals surface area contributed by atoms with Crippen LogP contribution in [-0.2, 0) is 21.3 Å². The van der Waals surface area contributed by atoms with Gasteiger partial charge in [0.25, 0.3) is 0 Å². The second-order valence-corrected chi connectivity index (χ2v) is 8.05. The van der Waals surface area contributed by atoms with Crippen molar-refractivity contribution < 1.29 is 17.9 Å². The lowest BCUT2D eigenvalue weighted by molar-refractivity contribution is 0.0963. The second-order valence-electron chi connectivity index (χ2n) is 6.49. The average molecular weight is 412 g/mol. The Bertz CT molecular complexity index is 789. The molecule has 10 heteroatoms. The quantitative estimate of drug-likeness (QED) is 0.474. The van der Waals surface area contributed by atoms with Crippen molar-refractivity contribution in [1.29, 1.82) is 0 Å². The number of ether oxygens (including phenoxy) is 1. The molecule has 0 atom stereocenters. The molecule has 0 bridgehead atoms. The highest BCUT2D eigenvalue weighted by molar-refractivity contribution is 7.89. The first-order valence-electron chi connectivity index (χ1n) is 9.41. The number of guanidine groups is 1. The van der Waals surface area contributed by atoms with E-state index in [-0.39, 0.29) is 17.0 Å². The van der Waals surface area contributed by atoms with E-state index in [0.717, 1.165) is 18.4 Å². The van der Waals surface area contributed by atoms with Crippen LogP contribution >= 0.6 is 0 Å². The van der Waals surface area contributed by atoms with Crippen molar-refractivity contribution in [2.24, 2.45) is 10.1 Å². The summed E-state index contributed by atoms with van der Waals surface area (Å²) >= 11 is 0. The number of nitrogens with one attached hydrogen (secondary N) is 2. The fraction of sp³-hybridized carbons (Fsp3) is 0.556. The first kappa shape index (κ1) is 22.0. The number of hydrogen-bond acceptors (Lipinski definition) is 5. The lowest BCUT2D eigenvalue weighted by Gasteiger charge is -2.32. The number of nitrogens with zero attached hydrogens (tertiary/aromatic N) is 2. The van der Waals surface area contributed by atoms with E-state index in [4.69, 9.17) is 9.88 Å². The molecular formula is C18H29N5O4S. The lowest BCUT2D eigenvalue weighted by atomic mass is 10.1. The Balaban J connectivity index is 1.95. The van der Waals surface area contributed by atoms with Crippen LogP contribution in [0, 0.1) is 0 Å². The Labute approximate surface area is 166 Å². The molecule has 1 aromatic carbocycles. The van der Waals surface area contributed by atoms with Crippen LogP contribution in [0.15, 0.2) is 34.2 Å². The number of likely N-dealkylation sites (tertiary alicyclic amines) is 1. The van der Waals surface area contributed by atoms with Gasteiger partial charge in [-0.25, -0.2) is 23.3 Å². The maximum absolute atomic E-state index is 11.8. The van der Waals surface area contributed by atoms with E-state index >= 15 is 0 Å². The first-order chi connectivity index (χ1) is 13.3. The molecule has 1 fully saturated rings. The molecule has 0 saturated carbocycles. The van der Waals surface area contributed by atoms with Crippen molar-refractivity contribution in [3.63, 3.8) is 0 Å². The maximum Gasteiger partial charge on any atom is 0.409 e. The van der Waals surface area contributed by atoms with Crippen LogP contribution in [-0.4, -0.2) is 57.7 Å². The van der Waals surface area contributed by atoms with Crippen LogP contribution in [0.5, 0.6) is 0 Å². The van der Waals surface area contributed by atoms with Crippen molar-refractivity contribution >= 4 is 22.1 Å². The SMILES string of the molecule is CCNC(=NCc1cccc(S(N)(=O)=O)c1)NC1CCN(C(=O)OCC)CC1. The Morgan fingerprint density at radius 3 is 2.64 bits per heavy atom. The molecule has 1 aromatic rings. The van der Waals surface area contributed by atoms with Gasteiger partial charge in [0, 0.05) is 25.7 Å². The van der Waals surface area contributed by atoms with Crippen molar-refractivity contribution in [1.82, 2.24) is 15.5 Å². The number of carbonyl (C=O) groups excluding carboxylic acids is 1. The molecule has 9 nitrogen and oxygen atoms in total. The summed E-state index contributed by atoms with van der Waals surface area (Å²) in [6.07, 6.45) is 1.32. The summed E-state index contributed by atoms with van der Waals surface area (Å²) in [7, 11) is -3.74. The number of piperidine rings is 1. The summed E-state index contributed by atoms with van der Waals surface area (Å²) in [5.74, 6) is 0.651. The van der Waals surface area contributed by atoms with Gasteiger partial charge in [-0.05, 0) is 44.4 Å². The zero-order valence-electron chi connectivity index (χ0n) is 16.3. The van der Waals surface area contributed by atoms with Gasteiger partial charge < -0.3 is 20.3 Å². The molecule has 1 saturated heterocycles. The molecule has 1 aliphatic heterocycles. The van der Waals surface area contributed by atoms with Crippen LogP contribution in [0.4, 0.5) is 4.79 Å². The molecule has 156 valence electrons. The molecule has 0 unspecified atom stereocenters. The minimum Gasteiger partial charge on any atom is -0.450 e. The van der Waals surface area contributed by atoms with E-state index in [1.165, 1.54) is 12.1 Å². The molecule has 4 N–H and O–H groups in total. The van der Waals surface area contributed by atoms with Gasteiger partial charge in [-0.3, -0.25) is 0 Å². The summed E-state index contributed by atoms with van der Waals surface area (Å²) in [6.45, 7) is 6.43. The van der Waals surface area contributed by atoms with Gasteiger partial charge in [0.1, 0.15) is 0 Å². The molecular weight excluding hydrogens is 382 g/mol. The third kappa shape index (κ3) is 6.68. The Kier molecular flexibility index (Phi) is 8.06. The Morgan fingerprint density at radius 2 is 2.04 bits per heavy atom. The predicted octanol–water partition coefficient (Wildman–Crippen LogP) is 1.01. The smallest absolute Gasteiger partial charge is 0.409 e. The molecule has 1 heterocycles. The minimum absolute atomic E-state index is 0.0736.